The van der Waals surface area contributed by atoms with Gasteiger partial charge in [-0.2, -0.15) is 0 Å². The van der Waals surface area contributed by atoms with Crippen LogP contribution in [0.15, 0.2) is 18.2 Å². The van der Waals surface area contributed by atoms with Crippen LogP contribution in [0.1, 0.15) is 21.1 Å². The van der Waals surface area contributed by atoms with Crippen LogP contribution in [-0.4, -0.2) is 44.6 Å². The summed E-state index contributed by atoms with van der Waals surface area (Å²) in [6, 6.07) is 5.66. The minimum Gasteiger partial charge on any atom is -0.471 e. The summed E-state index contributed by atoms with van der Waals surface area (Å²) >= 11 is 1.14. The van der Waals surface area contributed by atoms with Crippen molar-refractivity contribution >= 4 is 17.4 Å². The molecule has 0 aromatic carbocycles. The van der Waals surface area contributed by atoms with E-state index < -0.39 is 0 Å². The molecule has 0 aliphatic carbocycles. The molecule has 0 atom stereocenters. The van der Waals surface area contributed by atoms with E-state index in [-0.39, 0.29) is 12.0 Å². The smallest absolute Gasteiger partial charge is 0.267 e. The quantitative estimate of drug-likeness (QED) is 0.856. The van der Waals surface area contributed by atoms with Crippen LogP contribution < -0.4 is 4.74 Å². The molecule has 0 N–H and O–H groups in total. The number of nitrogens with zero attached hydrogens (tertiary/aromatic N) is 4. The van der Waals surface area contributed by atoms with Crippen LogP contribution >= 0.6 is 11.5 Å². The van der Waals surface area contributed by atoms with Crippen molar-refractivity contribution in [3.8, 4) is 5.88 Å². The minimum absolute atomic E-state index is 0.00874. The molecule has 0 spiro atoms. The van der Waals surface area contributed by atoms with Crippen molar-refractivity contribution in [1.82, 2.24) is 19.5 Å². The van der Waals surface area contributed by atoms with Crippen LogP contribution in [0.5, 0.6) is 5.88 Å². The van der Waals surface area contributed by atoms with Crippen molar-refractivity contribution in [2.75, 3.05) is 13.1 Å². The van der Waals surface area contributed by atoms with Gasteiger partial charge in [-0.15, -0.1) is 5.10 Å². The van der Waals surface area contributed by atoms with Gasteiger partial charge in [-0.1, -0.05) is 10.6 Å². The fraction of sp³-hybridized carbons (Fsp3) is 0.385. The zero-order valence-electron chi connectivity index (χ0n) is 11.2. The largest absolute Gasteiger partial charge is 0.471 e. The van der Waals surface area contributed by atoms with E-state index in [1.807, 2.05) is 25.1 Å². The van der Waals surface area contributed by atoms with Gasteiger partial charge in [0, 0.05) is 11.8 Å². The first-order valence-corrected chi connectivity index (χ1v) is 7.09. The Bertz CT molecular complexity index is 637. The molecule has 1 amide bonds. The third kappa shape index (κ3) is 2.49. The van der Waals surface area contributed by atoms with Crippen LogP contribution in [0.2, 0.25) is 0 Å². The monoisotopic (exact) mass is 290 g/mol. The van der Waals surface area contributed by atoms with Gasteiger partial charge in [0.2, 0.25) is 5.88 Å². The highest BCUT2D eigenvalue weighted by Crippen LogP contribution is 2.20. The first-order valence-electron chi connectivity index (χ1n) is 6.32. The molecule has 3 rings (SSSR count). The lowest BCUT2D eigenvalue weighted by molar-refractivity contribution is 0.0162. The normalized spacial score (nSPS) is 15.0. The lowest BCUT2D eigenvalue weighted by atomic mass is 10.1. The minimum atomic E-state index is -0.0189. The molecule has 7 heteroatoms. The predicted molar refractivity (Wildman–Crippen MR) is 73.9 cm³/mol. The van der Waals surface area contributed by atoms with Crippen molar-refractivity contribution in [2.24, 2.45) is 0 Å². The molecule has 1 saturated heterocycles. The lowest BCUT2D eigenvalue weighted by Gasteiger charge is -2.38. The van der Waals surface area contributed by atoms with Gasteiger partial charge in [-0.05, 0) is 31.4 Å². The molecule has 2 aromatic rings. The number of hydrogen-bond donors (Lipinski definition) is 0. The molecule has 0 saturated carbocycles. The number of aryl methyl sites for hydroxylation is 2. The number of carbonyl (C=O) groups excluding carboxylic acids is 1. The Morgan fingerprint density at radius 1 is 1.40 bits per heavy atom. The van der Waals surface area contributed by atoms with Crippen molar-refractivity contribution in [1.29, 1.82) is 0 Å². The van der Waals surface area contributed by atoms with Crippen LogP contribution in [0, 0.1) is 13.8 Å². The number of carbonyl (C=O) groups is 1. The van der Waals surface area contributed by atoms with Gasteiger partial charge in [0.25, 0.3) is 5.91 Å². The van der Waals surface area contributed by atoms with Crippen molar-refractivity contribution in [3.63, 3.8) is 0 Å². The summed E-state index contributed by atoms with van der Waals surface area (Å²) in [5.41, 5.74) is 1.60. The number of aromatic nitrogens is 3. The van der Waals surface area contributed by atoms with Gasteiger partial charge >= 0.3 is 0 Å². The van der Waals surface area contributed by atoms with Gasteiger partial charge < -0.3 is 9.64 Å². The summed E-state index contributed by atoms with van der Waals surface area (Å²) in [4.78, 5) is 18.8. The molecular formula is C13H14N4O2S. The first-order chi connectivity index (χ1) is 9.63. The van der Waals surface area contributed by atoms with E-state index in [0.29, 0.717) is 29.5 Å². The summed E-state index contributed by atoms with van der Waals surface area (Å²) in [5, 5.41) is 3.85. The third-order valence-electron chi connectivity index (χ3n) is 3.13. The Morgan fingerprint density at radius 2 is 2.20 bits per heavy atom. The SMILES string of the molecule is Cc1cccc(OC2CN(C(=O)c3snnc3C)C2)n1. The van der Waals surface area contributed by atoms with Crippen molar-refractivity contribution in [3.05, 3.63) is 34.5 Å². The first kappa shape index (κ1) is 13.0. The number of ether oxygens (including phenoxy) is 1. The second-order valence-corrected chi connectivity index (χ2v) is 5.51. The van der Waals surface area contributed by atoms with Crippen molar-refractivity contribution in [2.45, 2.75) is 20.0 Å². The topological polar surface area (TPSA) is 68.2 Å². The van der Waals surface area contributed by atoms with Gasteiger partial charge in [-0.25, -0.2) is 4.98 Å². The number of pyridine rings is 1. The predicted octanol–water partition coefficient (Wildman–Crippen LogP) is 1.45. The zero-order valence-corrected chi connectivity index (χ0v) is 12.1. The van der Waals surface area contributed by atoms with E-state index in [1.165, 1.54) is 0 Å². The molecular weight excluding hydrogens is 276 g/mol. The number of rotatable bonds is 3. The van der Waals surface area contributed by atoms with E-state index in [0.717, 1.165) is 17.2 Å². The average molecular weight is 290 g/mol. The third-order valence-corrected chi connectivity index (χ3v) is 3.95. The van der Waals surface area contributed by atoms with E-state index in [9.17, 15) is 4.79 Å². The van der Waals surface area contributed by atoms with Gasteiger partial charge in [-0.3, -0.25) is 4.79 Å². The molecule has 1 aliphatic heterocycles. The molecule has 20 heavy (non-hydrogen) atoms. The Labute approximate surface area is 120 Å². The highest BCUT2D eigenvalue weighted by molar-refractivity contribution is 7.07. The maximum Gasteiger partial charge on any atom is 0.267 e. The summed E-state index contributed by atoms with van der Waals surface area (Å²) in [5.74, 6) is 0.590. The molecule has 0 radical (unpaired) electrons. The summed E-state index contributed by atoms with van der Waals surface area (Å²) in [7, 11) is 0. The summed E-state index contributed by atoms with van der Waals surface area (Å²) < 4.78 is 9.51. The summed E-state index contributed by atoms with van der Waals surface area (Å²) in [6.07, 6.45) is 0.00874. The zero-order chi connectivity index (χ0) is 14.1. The molecule has 3 heterocycles. The van der Waals surface area contributed by atoms with Gasteiger partial charge in [0.1, 0.15) is 11.0 Å². The highest BCUT2D eigenvalue weighted by Gasteiger charge is 2.34. The van der Waals surface area contributed by atoms with E-state index in [2.05, 4.69) is 14.6 Å². The van der Waals surface area contributed by atoms with E-state index in [1.54, 1.807) is 11.8 Å². The van der Waals surface area contributed by atoms with Crippen LogP contribution in [0.4, 0.5) is 0 Å². The fourth-order valence-electron chi connectivity index (χ4n) is 2.00. The Balaban J connectivity index is 1.57. The van der Waals surface area contributed by atoms with Gasteiger partial charge in [0.05, 0.1) is 18.8 Å². The molecule has 0 unspecified atom stereocenters. The summed E-state index contributed by atoms with van der Waals surface area (Å²) in [6.45, 7) is 4.86. The standard InChI is InChI=1S/C13H14N4O2S/c1-8-4-3-5-11(14-8)19-10-6-17(7-10)13(18)12-9(2)15-16-20-12/h3-5,10H,6-7H2,1-2H3. The molecule has 0 bridgehead atoms. The highest BCUT2D eigenvalue weighted by atomic mass is 32.1. The number of likely N-dealkylation sites (tertiary alicyclic amines) is 1. The van der Waals surface area contributed by atoms with Crippen LogP contribution in [0.3, 0.4) is 0 Å². The van der Waals surface area contributed by atoms with E-state index >= 15 is 0 Å². The fourth-order valence-corrected chi connectivity index (χ4v) is 2.63. The molecule has 1 fully saturated rings. The Morgan fingerprint density at radius 3 is 2.85 bits per heavy atom. The van der Waals surface area contributed by atoms with Gasteiger partial charge in [0.15, 0.2) is 0 Å². The average Bonchev–Trinajstić information content (AvgIpc) is 2.79. The number of hydrogen-bond acceptors (Lipinski definition) is 6. The molecule has 6 nitrogen and oxygen atoms in total. The van der Waals surface area contributed by atoms with Crippen LogP contribution in [-0.2, 0) is 0 Å². The second kappa shape index (κ2) is 5.16. The lowest BCUT2D eigenvalue weighted by Crippen LogP contribution is -2.56. The second-order valence-electron chi connectivity index (χ2n) is 4.75. The Kier molecular flexibility index (Phi) is 3.35. The molecule has 104 valence electrons. The Hall–Kier alpha value is -2.02. The van der Waals surface area contributed by atoms with E-state index in [4.69, 9.17) is 4.74 Å². The maximum atomic E-state index is 12.1. The molecule has 1 aliphatic rings. The van der Waals surface area contributed by atoms with Crippen molar-refractivity contribution < 1.29 is 9.53 Å². The number of amides is 1. The molecule has 2 aromatic heterocycles. The van der Waals surface area contributed by atoms with Crippen LogP contribution in [0.25, 0.3) is 0 Å². The maximum absolute atomic E-state index is 12.1.